The molecule has 3 heterocycles. The van der Waals surface area contributed by atoms with E-state index in [1.807, 2.05) is 35.2 Å². The van der Waals surface area contributed by atoms with Crippen molar-refractivity contribution in [3.05, 3.63) is 60.7 Å². The van der Waals surface area contributed by atoms with Gasteiger partial charge in [0, 0.05) is 18.8 Å². The molecule has 0 aliphatic rings. The summed E-state index contributed by atoms with van der Waals surface area (Å²) in [6.45, 7) is 4.93. The molecular weight excluding hydrogens is 378 g/mol. The van der Waals surface area contributed by atoms with E-state index in [2.05, 4.69) is 51.6 Å². The Bertz CT molecular complexity index is 1110. The number of methoxy groups -OCH3 is 1. The van der Waals surface area contributed by atoms with Gasteiger partial charge in [-0.25, -0.2) is 4.98 Å². The molecule has 1 aromatic carbocycles. The lowest BCUT2D eigenvalue weighted by Crippen LogP contribution is -2.10. The van der Waals surface area contributed by atoms with Crippen LogP contribution in [0.3, 0.4) is 0 Å². The number of ether oxygens (including phenoxy) is 1. The van der Waals surface area contributed by atoms with E-state index in [4.69, 9.17) is 9.72 Å². The maximum atomic E-state index is 5.22. The van der Waals surface area contributed by atoms with Gasteiger partial charge in [0.15, 0.2) is 17.0 Å². The van der Waals surface area contributed by atoms with Crippen LogP contribution in [0.4, 0.5) is 17.5 Å². The van der Waals surface area contributed by atoms with Gasteiger partial charge >= 0.3 is 0 Å². The molecule has 0 saturated heterocycles. The number of benzene rings is 1. The van der Waals surface area contributed by atoms with E-state index in [1.54, 1.807) is 19.5 Å². The number of nitrogens with one attached hydrogen (secondary N) is 2. The third kappa shape index (κ3) is 4.32. The number of hydrogen-bond acceptors (Lipinski definition) is 7. The largest absolute Gasteiger partial charge is 0.497 e. The second-order valence-corrected chi connectivity index (χ2v) is 7.21. The lowest BCUT2D eigenvalue weighted by atomic mass is 10.1. The Morgan fingerprint density at radius 2 is 1.93 bits per heavy atom. The summed E-state index contributed by atoms with van der Waals surface area (Å²) in [7, 11) is 1.67. The number of aromatic nitrogens is 5. The van der Waals surface area contributed by atoms with E-state index < -0.39 is 0 Å². The maximum absolute atomic E-state index is 5.22. The summed E-state index contributed by atoms with van der Waals surface area (Å²) in [5, 5.41) is 6.66. The molecule has 8 nitrogen and oxygen atoms in total. The third-order valence-corrected chi connectivity index (χ3v) is 4.76. The van der Waals surface area contributed by atoms with Gasteiger partial charge in [0.25, 0.3) is 0 Å². The van der Waals surface area contributed by atoms with Crippen LogP contribution in [0.15, 0.2) is 55.1 Å². The predicted molar refractivity (Wildman–Crippen MR) is 118 cm³/mol. The fourth-order valence-electron chi connectivity index (χ4n) is 3.16. The summed E-state index contributed by atoms with van der Waals surface area (Å²) in [5.41, 5.74) is 3.60. The molecule has 4 rings (SSSR count). The van der Waals surface area contributed by atoms with Gasteiger partial charge in [0.1, 0.15) is 5.75 Å². The van der Waals surface area contributed by atoms with Gasteiger partial charge in [0.05, 0.1) is 25.3 Å². The predicted octanol–water partition coefficient (Wildman–Crippen LogP) is 4.21. The number of rotatable bonds is 8. The van der Waals surface area contributed by atoms with Crippen LogP contribution in [0.25, 0.3) is 11.2 Å². The molecule has 30 heavy (non-hydrogen) atoms. The number of nitrogens with zero attached hydrogens (tertiary/aromatic N) is 5. The molecule has 154 valence electrons. The lowest BCUT2D eigenvalue weighted by molar-refractivity contribution is 0.414. The zero-order chi connectivity index (χ0) is 20.9. The third-order valence-electron chi connectivity index (χ3n) is 4.76. The summed E-state index contributed by atoms with van der Waals surface area (Å²) in [4.78, 5) is 18.1. The van der Waals surface area contributed by atoms with E-state index in [-0.39, 0.29) is 6.04 Å². The molecular formula is C22H25N7O. The minimum atomic E-state index is 0.239. The summed E-state index contributed by atoms with van der Waals surface area (Å²) >= 11 is 0. The van der Waals surface area contributed by atoms with Crippen LogP contribution in [0, 0.1) is 0 Å². The fourth-order valence-corrected chi connectivity index (χ4v) is 3.16. The van der Waals surface area contributed by atoms with Crippen molar-refractivity contribution in [3.63, 3.8) is 0 Å². The van der Waals surface area contributed by atoms with Gasteiger partial charge in [-0.2, -0.15) is 9.97 Å². The number of imidazole rings is 1. The van der Waals surface area contributed by atoms with Crippen LogP contribution in [0.5, 0.6) is 5.75 Å². The molecule has 0 saturated carbocycles. The van der Waals surface area contributed by atoms with Crippen molar-refractivity contribution in [2.45, 2.75) is 26.3 Å². The highest BCUT2D eigenvalue weighted by atomic mass is 16.5. The van der Waals surface area contributed by atoms with Gasteiger partial charge < -0.3 is 19.9 Å². The molecule has 4 aromatic rings. The Labute approximate surface area is 175 Å². The minimum Gasteiger partial charge on any atom is -0.497 e. The highest BCUT2D eigenvalue weighted by Gasteiger charge is 2.15. The average Bonchev–Trinajstić information content (AvgIpc) is 3.19. The van der Waals surface area contributed by atoms with Gasteiger partial charge in [0.2, 0.25) is 5.95 Å². The van der Waals surface area contributed by atoms with Crippen molar-refractivity contribution in [1.82, 2.24) is 24.5 Å². The summed E-state index contributed by atoms with van der Waals surface area (Å²) in [5.74, 6) is 2.07. The molecule has 0 aliphatic heterocycles. The molecule has 8 heteroatoms. The van der Waals surface area contributed by atoms with E-state index in [0.29, 0.717) is 11.8 Å². The van der Waals surface area contributed by atoms with Crippen LogP contribution in [-0.2, 0) is 6.42 Å². The quantitative estimate of drug-likeness (QED) is 0.455. The topological polar surface area (TPSA) is 89.8 Å². The zero-order valence-corrected chi connectivity index (χ0v) is 17.3. The lowest BCUT2D eigenvalue weighted by Gasteiger charge is -2.12. The Balaban J connectivity index is 1.58. The molecule has 0 atom stereocenters. The monoisotopic (exact) mass is 403 g/mol. The minimum absolute atomic E-state index is 0.239. The number of fused-ring (bicyclic) bond motifs is 1. The molecule has 0 radical (unpaired) electrons. The molecule has 0 bridgehead atoms. The van der Waals surface area contributed by atoms with Crippen LogP contribution in [0.1, 0.15) is 25.5 Å². The summed E-state index contributed by atoms with van der Waals surface area (Å²) in [6.07, 6.45) is 6.14. The SMILES string of the molecule is COc1ccc(CCNc2nc(Nc3cccnc3)nc3c2ncn3C(C)C)cc1. The van der Waals surface area contributed by atoms with Crippen LogP contribution >= 0.6 is 0 Å². The van der Waals surface area contributed by atoms with E-state index >= 15 is 0 Å². The van der Waals surface area contributed by atoms with Crippen LogP contribution in [-0.4, -0.2) is 38.2 Å². The van der Waals surface area contributed by atoms with E-state index in [0.717, 1.165) is 35.6 Å². The Kier molecular flexibility index (Phi) is 5.74. The van der Waals surface area contributed by atoms with Crippen molar-refractivity contribution >= 4 is 28.6 Å². The van der Waals surface area contributed by atoms with Crippen molar-refractivity contribution < 1.29 is 4.74 Å². The first-order chi connectivity index (χ1) is 14.6. The molecule has 0 aliphatic carbocycles. The Hall–Kier alpha value is -3.68. The van der Waals surface area contributed by atoms with E-state index in [9.17, 15) is 0 Å². The van der Waals surface area contributed by atoms with Crippen molar-refractivity contribution in [1.29, 1.82) is 0 Å². The second-order valence-electron chi connectivity index (χ2n) is 7.21. The molecule has 0 unspecified atom stereocenters. The van der Waals surface area contributed by atoms with Gasteiger partial charge in [-0.15, -0.1) is 0 Å². The first-order valence-electron chi connectivity index (χ1n) is 9.92. The molecule has 3 aromatic heterocycles. The van der Waals surface area contributed by atoms with Gasteiger partial charge in [-0.3, -0.25) is 4.98 Å². The Morgan fingerprint density at radius 3 is 2.63 bits per heavy atom. The molecule has 0 spiro atoms. The fraction of sp³-hybridized carbons (Fsp3) is 0.273. The van der Waals surface area contributed by atoms with Gasteiger partial charge in [-0.05, 0) is 50.1 Å². The highest BCUT2D eigenvalue weighted by molar-refractivity contribution is 5.84. The summed E-state index contributed by atoms with van der Waals surface area (Å²) < 4.78 is 7.26. The van der Waals surface area contributed by atoms with Crippen LogP contribution < -0.4 is 15.4 Å². The normalized spacial score (nSPS) is 11.1. The molecule has 0 amide bonds. The maximum Gasteiger partial charge on any atom is 0.231 e. The molecule has 2 N–H and O–H groups in total. The van der Waals surface area contributed by atoms with Gasteiger partial charge in [-0.1, -0.05) is 12.1 Å². The van der Waals surface area contributed by atoms with Crippen molar-refractivity contribution in [3.8, 4) is 5.75 Å². The Morgan fingerprint density at radius 1 is 1.10 bits per heavy atom. The van der Waals surface area contributed by atoms with Crippen LogP contribution in [0.2, 0.25) is 0 Å². The average molecular weight is 403 g/mol. The highest BCUT2D eigenvalue weighted by Crippen LogP contribution is 2.24. The smallest absolute Gasteiger partial charge is 0.231 e. The number of pyridine rings is 1. The van der Waals surface area contributed by atoms with E-state index in [1.165, 1.54) is 5.56 Å². The molecule has 0 fully saturated rings. The number of hydrogen-bond donors (Lipinski definition) is 2. The second kappa shape index (κ2) is 8.77. The summed E-state index contributed by atoms with van der Waals surface area (Å²) in [6, 6.07) is 12.1. The van der Waals surface area contributed by atoms with Crippen molar-refractivity contribution in [2.75, 3.05) is 24.3 Å². The van der Waals surface area contributed by atoms with Crippen molar-refractivity contribution in [2.24, 2.45) is 0 Å². The standard InChI is InChI=1S/C22H25N7O/c1-15(2)29-14-25-19-20(24-12-10-16-6-8-18(30-3)9-7-16)27-22(28-21(19)29)26-17-5-4-11-23-13-17/h4-9,11,13-15H,10,12H2,1-3H3,(H2,24,26,27,28). The first-order valence-corrected chi connectivity index (χ1v) is 9.92. The first kappa shape index (κ1) is 19.6. The number of anilines is 3. The zero-order valence-electron chi connectivity index (χ0n) is 17.3.